The minimum absolute atomic E-state index is 0.0341. The lowest BCUT2D eigenvalue weighted by Crippen LogP contribution is -2.30. The topological polar surface area (TPSA) is 66.8 Å². The molecule has 0 aromatic heterocycles. The summed E-state index contributed by atoms with van der Waals surface area (Å²) in [5.74, 6) is 0.607. The Kier molecular flexibility index (Phi) is 3.30. The molecule has 0 aliphatic carbocycles. The molecule has 1 atom stereocenters. The average molecular weight is 268 g/mol. The second-order valence-corrected chi connectivity index (χ2v) is 4.77. The number of ketones is 1. The van der Waals surface area contributed by atoms with E-state index < -0.39 is 13.2 Å². The van der Waals surface area contributed by atoms with Crippen LogP contribution in [0.4, 0.5) is 0 Å². The Hall–Kier alpha value is -2.11. The molecule has 0 amide bonds. The van der Waals surface area contributed by atoms with Crippen LogP contribution in [-0.4, -0.2) is 22.9 Å². The van der Waals surface area contributed by atoms with Gasteiger partial charge in [0, 0.05) is 0 Å². The molecule has 0 saturated carbocycles. The maximum Gasteiger partial charge on any atom is 0.488 e. The lowest BCUT2D eigenvalue weighted by molar-refractivity contribution is 0.0850. The number of hydrogen-bond donors (Lipinski definition) is 2. The van der Waals surface area contributed by atoms with Gasteiger partial charge in [0.05, 0.1) is 12.0 Å². The van der Waals surface area contributed by atoms with Gasteiger partial charge in [0.15, 0.2) is 5.78 Å². The average Bonchev–Trinajstić information content (AvgIpc) is 2.47. The molecule has 2 aromatic rings. The van der Waals surface area contributed by atoms with Crippen molar-refractivity contribution in [1.29, 1.82) is 0 Å². The summed E-state index contributed by atoms with van der Waals surface area (Å²) < 4.78 is 5.84. The summed E-state index contributed by atoms with van der Waals surface area (Å²) in [7, 11) is -1.53. The quantitative estimate of drug-likeness (QED) is 0.799. The third-order valence-corrected chi connectivity index (χ3v) is 3.41. The van der Waals surface area contributed by atoms with Crippen molar-refractivity contribution in [2.24, 2.45) is 0 Å². The number of rotatable bonds is 2. The molecule has 2 aromatic carbocycles. The van der Waals surface area contributed by atoms with E-state index in [1.807, 2.05) is 18.2 Å². The number of carbonyl (C=O) groups excluding carboxylic acids is 1. The third kappa shape index (κ3) is 2.33. The van der Waals surface area contributed by atoms with Gasteiger partial charge in [0.25, 0.3) is 0 Å². The Labute approximate surface area is 116 Å². The molecule has 2 N–H and O–H groups in total. The highest BCUT2D eigenvalue weighted by Gasteiger charge is 2.27. The molecule has 1 aliphatic rings. The highest BCUT2D eigenvalue weighted by atomic mass is 16.5. The lowest BCUT2D eigenvalue weighted by Gasteiger charge is -2.25. The van der Waals surface area contributed by atoms with Crippen molar-refractivity contribution in [2.75, 3.05) is 0 Å². The number of Topliss-reactive ketones (excluding diaryl/α,β-unsaturated/α-hetero) is 1. The fraction of sp³-hybridized carbons (Fsp3) is 0.133. The SMILES string of the molecule is O=C1CC(c2cccc(B(O)O)c2)Oc2ccccc21. The lowest BCUT2D eigenvalue weighted by atomic mass is 9.79. The first kappa shape index (κ1) is 12.9. The smallest absolute Gasteiger partial charge is 0.484 e. The van der Waals surface area contributed by atoms with Crippen LogP contribution in [0.5, 0.6) is 5.75 Å². The zero-order chi connectivity index (χ0) is 14.1. The van der Waals surface area contributed by atoms with E-state index in [4.69, 9.17) is 4.74 Å². The van der Waals surface area contributed by atoms with Crippen molar-refractivity contribution in [2.45, 2.75) is 12.5 Å². The normalized spacial score (nSPS) is 17.3. The van der Waals surface area contributed by atoms with E-state index in [2.05, 4.69) is 0 Å². The van der Waals surface area contributed by atoms with Crippen LogP contribution in [0.2, 0.25) is 0 Å². The van der Waals surface area contributed by atoms with Crippen LogP contribution in [0.25, 0.3) is 0 Å². The van der Waals surface area contributed by atoms with E-state index in [0.717, 1.165) is 5.56 Å². The zero-order valence-electron chi connectivity index (χ0n) is 10.7. The monoisotopic (exact) mass is 268 g/mol. The molecule has 1 heterocycles. The van der Waals surface area contributed by atoms with E-state index in [0.29, 0.717) is 16.8 Å². The van der Waals surface area contributed by atoms with Gasteiger partial charge in [-0.2, -0.15) is 0 Å². The molecule has 0 spiro atoms. The molecular formula is C15H13BO4. The van der Waals surface area contributed by atoms with Gasteiger partial charge in [-0.15, -0.1) is 0 Å². The molecule has 100 valence electrons. The van der Waals surface area contributed by atoms with Gasteiger partial charge >= 0.3 is 7.12 Å². The summed E-state index contributed by atoms with van der Waals surface area (Å²) in [6, 6.07) is 14.0. The summed E-state index contributed by atoms with van der Waals surface area (Å²) in [5, 5.41) is 18.4. The maximum absolute atomic E-state index is 12.1. The van der Waals surface area contributed by atoms with Gasteiger partial charge in [-0.3, -0.25) is 4.79 Å². The van der Waals surface area contributed by atoms with Crippen molar-refractivity contribution < 1.29 is 19.6 Å². The Morgan fingerprint density at radius 2 is 1.90 bits per heavy atom. The van der Waals surface area contributed by atoms with Crippen molar-refractivity contribution >= 4 is 18.4 Å². The fourth-order valence-electron chi connectivity index (χ4n) is 2.38. The van der Waals surface area contributed by atoms with Crippen LogP contribution in [0.1, 0.15) is 28.4 Å². The first-order chi connectivity index (χ1) is 9.65. The number of benzene rings is 2. The number of hydrogen-bond acceptors (Lipinski definition) is 4. The van der Waals surface area contributed by atoms with Gasteiger partial charge < -0.3 is 14.8 Å². The summed E-state index contributed by atoms with van der Waals surface area (Å²) in [4.78, 5) is 12.1. The van der Waals surface area contributed by atoms with E-state index in [1.165, 1.54) is 0 Å². The second-order valence-electron chi connectivity index (χ2n) is 4.77. The van der Waals surface area contributed by atoms with Crippen LogP contribution >= 0.6 is 0 Å². The molecule has 0 radical (unpaired) electrons. The predicted octanol–water partition coefficient (Wildman–Crippen LogP) is 1.07. The number of fused-ring (bicyclic) bond motifs is 1. The Balaban J connectivity index is 1.94. The van der Waals surface area contributed by atoms with Crippen molar-refractivity contribution in [1.82, 2.24) is 0 Å². The second kappa shape index (κ2) is 5.11. The minimum atomic E-state index is -1.53. The Bertz CT molecular complexity index is 654. The van der Waals surface area contributed by atoms with Crippen LogP contribution in [-0.2, 0) is 0 Å². The van der Waals surface area contributed by atoms with Gasteiger partial charge in [-0.25, -0.2) is 0 Å². The molecule has 1 aliphatic heterocycles. The van der Waals surface area contributed by atoms with Crippen LogP contribution in [0, 0.1) is 0 Å². The van der Waals surface area contributed by atoms with Crippen molar-refractivity contribution in [3.05, 3.63) is 59.7 Å². The van der Waals surface area contributed by atoms with Crippen molar-refractivity contribution in [3.63, 3.8) is 0 Å². The van der Waals surface area contributed by atoms with Gasteiger partial charge in [-0.05, 0) is 23.2 Å². The molecule has 0 saturated heterocycles. The zero-order valence-corrected chi connectivity index (χ0v) is 10.7. The van der Waals surface area contributed by atoms with E-state index in [1.54, 1.807) is 30.3 Å². The molecule has 4 nitrogen and oxygen atoms in total. The molecule has 0 fully saturated rings. The van der Waals surface area contributed by atoms with Crippen molar-refractivity contribution in [3.8, 4) is 5.75 Å². The summed E-state index contributed by atoms with van der Waals surface area (Å²) in [6.07, 6.45) is -0.141. The molecule has 3 rings (SSSR count). The van der Waals surface area contributed by atoms with Gasteiger partial charge in [-0.1, -0.05) is 36.4 Å². The van der Waals surface area contributed by atoms with E-state index >= 15 is 0 Å². The highest BCUT2D eigenvalue weighted by molar-refractivity contribution is 6.58. The van der Waals surface area contributed by atoms with Gasteiger partial charge in [0.1, 0.15) is 11.9 Å². The first-order valence-corrected chi connectivity index (χ1v) is 6.40. The molecule has 5 heteroatoms. The highest BCUT2D eigenvalue weighted by Crippen LogP contribution is 2.34. The van der Waals surface area contributed by atoms with Crippen LogP contribution in [0.3, 0.4) is 0 Å². The third-order valence-electron chi connectivity index (χ3n) is 3.41. The van der Waals surface area contributed by atoms with Gasteiger partial charge in [0.2, 0.25) is 0 Å². The first-order valence-electron chi connectivity index (χ1n) is 6.40. The largest absolute Gasteiger partial charge is 0.488 e. The summed E-state index contributed by atoms with van der Waals surface area (Å²) >= 11 is 0. The maximum atomic E-state index is 12.1. The summed E-state index contributed by atoms with van der Waals surface area (Å²) in [5.41, 5.74) is 1.75. The minimum Gasteiger partial charge on any atom is -0.484 e. The molecule has 20 heavy (non-hydrogen) atoms. The Morgan fingerprint density at radius 1 is 1.10 bits per heavy atom. The number of para-hydroxylation sites is 1. The molecular weight excluding hydrogens is 255 g/mol. The van der Waals surface area contributed by atoms with Crippen LogP contribution in [0.15, 0.2) is 48.5 Å². The van der Waals surface area contributed by atoms with Crippen LogP contribution < -0.4 is 10.2 Å². The molecule has 1 unspecified atom stereocenters. The number of carbonyl (C=O) groups is 1. The standard InChI is InChI=1S/C15H13BO4/c17-13-9-15(20-14-7-2-1-6-12(13)14)10-4-3-5-11(8-10)16(18)19/h1-8,15,18-19H,9H2. The van der Waals surface area contributed by atoms with E-state index in [9.17, 15) is 14.8 Å². The Morgan fingerprint density at radius 3 is 2.70 bits per heavy atom. The molecule has 0 bridgehead atoms. The van der Waals surface area contributed by atoms with E-state index in [-0.39, 0.29) is 12.2 Å². The number of ether oxygens (including phenoxy) is 1. The fourth-order valence-corrected chi connectivity index (χ4v) is 2.38. The summed E-state index contributed by atoms with van der Waals surface area (Å²) in [6.45, 7) is 0. The predicted molar refractivity (Wildman–Crippen MR) is 75.0 cm³/mol.